The standard InChI is InChI=1S/C8H13N5S2/c9-7(14)5-12-1-3-13(4-2-12)8-11-10-6-15-8/h6H,1-5H2,(H2,9,14). The number of hydrogen-bond donors (Lipinski definition) is 1. The van der Waals surface area contributed by atoms with Gasteiger partial charge in [0, 0.05) is 32.7 Å². The normalized spacial score (nSPS) is 18.0. The maximum absolute atomic E-state index is 5.51. The third kappa shape index (κ3) is 2.83. The lowest BCUT2D eigenvalue weighted by atomic mass is 10.3. The molecule has 2 N–H and O–H groups in total. The predicted molar refractivity (Wildman–Crippen MR) is 65.3 cm³/mol. The summed E-state index contributed by atoms with van der Waals surface area (Å²) in [6.45, 7) is 4.63. The van der Waals surface area contributed by atoms with E-state index in [1.165, 1.54) is 0 Å². The van der Waals surface area contributed by atoms with Crippen LogP contribution in [0.1, 0.15) is 0 Å². The van der Waals surface area contributed by atoms with Crippen molar-refractivity contribution in [2.75, 3.05) is 37.6 Å². The molecule has 0 bridgehead atoms. The smallest absolute Gasteiger partial charge is 0.208 e. The van der Waals surface area contributed by atoms with E-state index in [4.69, 9.17) is 18.0 Å². The van der Waals surface area contributed by atoms with Crippen LogP contribution >= 0.6 is 23.6 Å². The van der Waals surface area contributed by atoms with Gasteiger partial charge in [0.25, 0.3) is 0 Å². The molecule has 2 heterocycles. The van der Waals surface area contributed by atoms with Crippen molar-refractivity contribution in [3.8, 4) is 0 Å². The number of thiocarbonyl (C=S) groups is 1. The molecule has 7 heteroatoms. The third-order valence-corrected chi connectivity index (χ3v) is 3.25. The average molecular weight is 243 g/mol. The molecule has 1 fully saturated rings. The van der Waals surface area contributed by atoms with Gasteiger partial charge in [-0.1, -0.05) is 23.6 Å². The molecule has 0 aromatic carbocycles. The van der Waals surface area contributed by atoms with E-state index in [0.717, 1.165) is 37.9 Å². The Hall–Kier alpha value is -0.790. The largest absolute Gasteiger partial charge is 0.392 e. The molecule has 1 aromatic rings. The summed E-state index contributed by atoms with van der Waals surface area (Å²) in [6.07, 6.45) is 0. The fourth-order valence-electron chi connectivity index (χ4n) is 1.62. The lowest BCUT2D eigenvalue weighted by Crippen LogP contribution is -2.48. The molecular formula is C8H13N5S2. The number of anilines is 1. The molecule has 15 heavy (non-hydrogen) atoms. The van der Waals surface area contributed by atoms with Crippen LogP contribution in [0.25, 0.3) is 0 Å². The minimum Gasteiger partial charge on any atom is -0.392 e. The summed E-state index contributed by atoms with van der Waals surface area (Å²) < 4.78 is 0. The summed E-state index contributed by atoms with van der Waals surface area (Å²) in [6, 6.07) is 0. The summed E-state index contributed by atoms with van der Waals surface area (Å²) in [5.74, 6) is 0. The predicted octanol–water partition coefficient (Wildman–Crippen LogP) is -0.0538. The molecule has 0 aliphatic carbocycles. The van der Waals surface area contributed by atoms with Crippen LogP contribution in [0.15, 0.2) is 5.51 Å². The highest BCUT2D eigenvalue weighted by Crippen LogP contribution is 2.17. The van der Waals surface area contributed by atoms with E-state index in [1.807, 2.05) is 0 Å². The van der Waals surface area contributed by atoms with Gasteiger partial charge in [-0.15, -0.1) is 10.2 Å². The van der Waals surface area contributed by atoms with Gasteiger partial charge in [-0.3, -0.25) is 4.90 Å². The highest BCUT2D eigenvalue weighted by molar-refractivity contribution is 7.80. The van der Waals surface area contributed by atoms with Crippen LogP contribution in [0, 0.1) is 0 Å². The topological polar surface area (TPSA) is 58.3 Å². The molecular weight excluding hydrogens is 230 g/mol. The maximum Gasteiger partial charge on any atom is 0.208 e. The van der Waals surface area contributed by atoms with Gasteiger partial charge in [-0.25, -0.2) is 0 Å². The van der Waals surface area contributed by atoms with Gasteiger partial charge in [0.05, 0.1) is 4.99 Å². The number of nitrogens with zero attached hydrogens (tertiary/aromatic N) is 4. The van der Waals surface area contributed by atoms with E-state index >= 15 is 0 Å². The number of piperazine rings is 1. The Morgan fingerprint density at radius 3 is 2.73 bits per heavy atom. The van der Waals surface area contributed by atoms with Gasteiger partial charge in [0.1, 0.15) is 5.51 Å². The molecule has 0 radical (unpaired) electrons. The van der Waals surface area contributed by atoms with Crippen molar-refractivity contribution < 1.29 is 0 Å². The summed E-state index contributed by atoms with van der Waals surface area (Å²) >= 11 is 6.47. The van der Waals surface area contributed by atoms with Gasteiger partial charge < -0.3 is 10.6 Å². The first kappa shape index (κ1) is 10.7. The van der Waals surface area contributed by atoms with Crippen LogP contribution in [-0.4, -0.2) is 52.8 Å². The van der Waals surface area contributed by atoms with Gasteiger partial charge in [-0.05, 0) is 0 Å². The van der Waals surface area contributed by atoms with Crippen molar-refractivity contribution in [2.24, 2.45) is 5.73 Å². The first-order chi connectivity index (χ1) is 7.25. The minimum atomic E-state index is 0.569. The fourth-order valence-corrected chi connectivity index (χ4v) is 2.42. The molecule has 1 aliphatic heterocycles. The molecule has 0 amide bonds. The molecule has 0 saturated carbocycles. The molecule has 0 spiro atoms. The number of hydrogen-bond acceptors (Lipinski definition) is 6. The number of aromatic nitrogens is 2. The highest BCUT2D eigenvalue weighted by atomic mass is 32.1. The molecule has 0 unspecified atom stereocenters. The third-order valence-electron chi connectivity index (χ3n) is 2.37. The zero-order chi connectivity index (χ0) is 10.7. The molecule has 1 saturated heterocycles. The molecule has 2 rings (SSSR count). The second-order valence-corrected chi connectivity index (χ2v) is 4.79. The number of nitrogens with two attached hydrogens (primary N) is 1. The Balaban J connectivity index is 1.84. The van der Waals surface area contributed by atoms with E-state index < -0.39 is 0 Å². The number of rotatable bonds is 3. The quantitative estimate of drug-likeness (QED) is 0.751. The molecule has 82 valence electrons. The summed E-state index contributed by atoms with van der Waals surface area (Å²) in [5, 5.41) is 8.89. The van der Waals surface area contributed by atoms with Gasteiger partial charge in [0.15, 0.2) is 0 Å². The Bertz CT molecular complexity index is 318. The van der Waals surface area contributed by atoms with E-state index in [-0.39, 0.29) is 0 Å². The van der Waals surface area contributed by atoms with Crippen molar-refractivity contribution in [1.29, 1.82) is 0 Å². The Morgan fingerprint density at radius 1 is 1.47 bits per heavy atom. The second-order valence-electron chi connectivity index (χ2n) is 3.45. The Kier molecular flexibility index (Phi) is 3.45. The fraction of sp³-hybridized carbons (Fsp3) is 0.625. The van der Waals surface area contributed by atoms with E-state index in [2.05, 4.69) is 20.0 Å². The van der Waals surface area contributed by atoms with Crippen molar-refractivity contribution in [3.05, 3.63) is 5.51 Å². The van der Waals surface area contributed by atoms with Gasteiger partial charge >= 0.3 is 0 Å². The SMILES string of the molecule is NC(=S)CN1CCN(c2nncs2)CC1. The molecule has 1 aliphatic rings. The first-order valence-corrected chi connectivity index (χ1v) is 6.06. The molecule has 1 aromatic heterocycles. The van der Waals surface area contributed by atoms with Crippen LogP contribution in [0.2, 0.25) is 0 Å². The van der Waals surface area contributed by atoms with Crippen molar-refractivity contribution in [1.82, 2.24) is 15.1 Å². The Labute approximate surface area is 97.9 Å². The average Bonchev–Trinajstić information content (AvgIpc) is 2.71. The lowest BCUT2D eigenvalue weighted by Gasteiger charge is -2.33. The van der Waals surface area contributed by atoms with E-state index in [9.17, 15) is 0 Å². The zero-order valence-electron chi connectivity index (χ0n) is 8.30. The van der Waals surface area contributed by atoms with E-state index in [1.54, 1.807) is 16.8 Å². The maximum atomic E-state index is 5.51. The molecule has 0 atom stereocenters. The van der Waals surface area contributed by atoms with Crippen LogP contribution in [-0.2, 0) is 0 Å². The van der Waals surface area contributed by atoms with Crippen molar-refractivity contribution >= 4 is 33.7 Å². The van der Waals surface area contributed by atoms with Crippen molar-refractivity contribution in [2.45, 2.75) is 0 Å². The summed E-state index contributed by atoms with van der Waals surface area (Å²) in [5.41, 5.74) is 7.27. The molecule has 5 nitrogen and oxygen atoms in total. The summed E-state index contributed by atoms with van der Waals surface area (Å²) in [7, 11) is 0. The minimum absolute atomic E-state index is 0.569. The monoisotopic (exact) mass is 243 g/mol. The van der Waals surface area contributed by atoms with Crippen LogP contribution < -0.4 is 10.6 Å². The first-order valence-electron chi connectivity index (χ1n) is 4.77. The van der Waals surface area contributed by atoms with Crippen LogP contribution in [0.3, 0.4) is 0 Å². The second kappa shape index (κ2) is 4.82. The zero-order valence-corrected chi connectivity index (χ0v) is 9.93. The summed E-state index contributed by atoms with van der Waals surface area (Å²) in [4.78, 5) is 5.08. The van der Waals surface area contributed by atoms with Gasteiger partial charge in [0.2, 0.25) is 5.13 Å². The van der Waals surface area contributed by atoms with Crippen LogP contribution in [0.4, 0.5) is 5.13 Å². The van der Waals surface area contributed by atoms with Crippen LogP contribution in [0.5, 0.6) is 0 Å². The van der Waals surface area contributed by atoms with Gasteiger partial charge in [-0.2, -0.15) is 0 Å². The van der Waals surface area contributed by atoms with E-state index in [0.29, 0.717) is 4.99 Å². The van der Waals surface area contributed by atoms with Crippen molar-refractivity contribution in [3.63, 3.8) is 0 Å². The highest BCUT2D eigenvalue weighted by Gasteiger charge is 2.18. The Morgan fingerprint density at radius 2 is 2.20 bits per heavy atom. The lowest BCUT2D eigenvalue weighted by molar-refractivity contribution is 0.292.